The minimum absolute atomic E-state index is 0.0315. The van der Waals surface area contributed by atoms with E-state index in [9.17, 15) is 9.59 Å². The van der Waals surface area contributed by atoms with Crippen molar-refractivity contribution in [2.45, 2.75) is 12.5 Å². The maximum Gasteiger partial charge on any atom is 0.253 e. The average Bonchev–Trinajstić information content (AvgIpc) is 2.78. The van der Waals surface area contributed by atoms with Crippen molar-refractivity contribution in [2.24, 2.45) is 11.7 Å². The molecule has 16 heavy (non-hydrogen) atoms. The number of nitrogens with zero attached hydrogens (tertiary/aromatic N) is 1. The van der Waals surface area contributed by atoms with Crippen molar-refractivity contribution in [1.29, 1.82) is 0 Å². The number of carbonyl (C=O) groups is 2. The predicted octanol–water partition coefficient (Wildman–Crippen LogP) is -1.69. The van der Waals surface area contributed by atoms with Gasteiger partial charge < -0.3 is 20.7 Å². The second-order valence-electron chi connectivity index (χ2n) is 4.24. The van der Waals surface area contributed by atoms with Crippen LogP contribution in [-0.4, -0.2) is 55.6 Å². The van der Waals surface area contributed by atoms with E-state index in [0.717, 1.165) is 6.54 Å². The van der Waals surface area contributed by atoms with Gasteiger partial charge in [0.25, 0.3) is 5.91 Å². The first kappa shape index (κ1) is 11.3. The molecule has 0 saturated carbocycles. The van der Waals surface area contributed by atoms with Crippen LogP contribution in [0.3, 0.4) is 0 Å². The lowest BCUT2D eigenvalue weighted by molar-refractivity contribution is -0.144. The SMILES string of the molecule is NC(=O)C1CCN(C(=O)C2CNCCO2)C1. The summed E-state index contributed by atoms with van der Waals surface area (Å²) in [5, 5.41) is 3.11. The highest BCUT2D eigenvalue weighted by Crippen LogP contribution is 2.17. The van der Waals surface area contributed by atoms with Crippen LogP contribution in [0.5, 0.6) is 0 Å². The summed E-state index contributed by atoms with van der Waals surface area (Å²) in [4.78, 5) is 24.6. The molecule has 0 aliphatic carbocycles. The van der Waals surface area contributed by atoms with Gasteiger partial charge in [0.15, 0.2) is 0 Å². The van der Waals surface area contributed by atoms with E-state index in [2.05, 4.69) is 5.32 Å². The predicted molar refractivity (Wildman–Crippen MR) is 56.5 cm³/mol. The number of likely N-dealkylation sites (tertiary alicyclic amines) is 1. The average molecular weight is 227 g/mol. The topological polar surface area (TPSA) is 84.7 Å². The zero-order valence-electron chi connectivity index (χ0n) is 9.15. The first-order valence-electron chi connectivity index (χ1n) is 5.59. The van der Waals surface area contributed by atoms with Gasteiger partial charge in [0.1, 0.15) is 6.10 Å². The number of rotatable bonds is 2. The van der Waals surface area contributed by atoms with Gasteiger partial charge in [-0.15, -0.1) is 0 Å². The maximum absolute atomic E-state index is 12.0. The number of nitrogens with one attached hydrogen (secondary N) is 1. The number of hydrogen-bond acceptors (Lipinski definition) is 4. The highest BCUT2D eigenvalue weighted by Gasteiger charge is 2.34. The maximum atomic E-state index is 12.0. The Labute approximate surface area is 94.1 Å². The Morgan fingerprint density at radius 2 is 2.25 bits per heavy atom. The Morgan fingerprint density at radius 1 is 1.44 bits per heavy atom. The quantitative estimate of drug-likeness (QED) is 0.589. The van der Waals surface area contributed by atoms with Crippen molar-refractivity contribution < 1.29 is 14.3 Å². The van der Waals surface area contributed by atoms with Crippen LogP contribution in [0.4, 0.5) is 0 Å². The van der Waals surface area contributed by atoms with Gasteiger partial charge in [-0.1, -0.05) is 0 Å². The summed E-state index contributed by atoms with van der Waals surface area (Å²) >= 11 is 0. The van der Waals surface area contributed by atoms with Gasteiger partial charge in [-0.05, 0) is 6.42 Å². The molecule has 6 nitrogen and oxygen atoms in total. The number of carbonyl (C=O) groups excluding carboxylic acids is 2. The normalized spacial score (nSPS) is 30.4. The fourth-order valence-corrected chi connectivity index (χ4v) is 2.12. The Morgan fingerprint density at radius 3 is 2.81 bits per heavy atom. The monoisotopic (exact) mass is 227 g/mol. The van der Waals surface area contributed by atoms with Crippen LogP contribution < -0.4 is 11.1 Å². The first-order chi connectivity index (χ1) is 7.68. The molecule has 0 aromatic heterocycles. The van der Waals surface area contributed by atoms with E-state index in [1.54, 1.807) is 4.90 Å². The van der Waals surface area contributed by atoms with Gasteiger partial charge in [-0.3, -0.25) is 9.59 Å². The molecule has 0 aromatic rings. The molecule has 0 aromatic carbocycles. The van der Waals surface area contributed by atoms with Gasteiger partial charge in [-0.25, -0.2) is 0 Å². The summed E-state index contributed by atoms with van der Waals surface area (Å²) < 4.78 is 5.38. The molecule has 2 heterocycles. The van der Waals surface area contributed by atoms with Crippen LogP contribution in [-0.2, 0) is 14.3 Å². The third-order valence-corrected chi connectivity index (χ3v) is 3.11. The minimum Gasteiger partial charge on any atom is -0.369 e. The highest BCUT2D eigenvalue weighted by atomic mass is 16.5. The number of hydrogen-bond donors (Lipinski definition) is 2. The number of ether oxygens (including phenoxy) is 1. The number of nitrogens with two attached hydrogens (primary N) is 1. The third kappa shape index (κ3) is 2.33. The van der Waals surface area contributed by atoms with E-state index in [4.69, 9.17) is 10.5 Å². The van der Waals surface area contributed by atoms with Crippen molar-refractivity contribution >= 4 is 11.8 Å². The van der Waals surface area contributed by atoms with Crippen LogP contribution in [0, 0.1) is 5.92 Å². The molecule has 0 bridgehead atoms. The first-order valence-corrected chi connectivity index (χ1v) is 5.59. The van der Waals surface area contributed by atoms with E-state index < -0.39 is 6.10 Å². The molecule has 2 saturated heterocycles. The molecular formula is C10H17N3O3. The number of amides is 2. The molecular weight excluding hydrogens is 210 g/mol. The van der Waals surface area contributed by atoms with Crippen LogP contribution in [0.2, 0.25) is 0 Å². The minimum atomic E-state index is -0.402. The van der Waals surface area contributed by atoms with E-state index >= 15 is 0 Å². The van der Waals surface area contributed by atoms with Crippen LogP contribution in [0.15, 0.2) is 0 Å². The van der Waals surface area contributed by atoms with Gasteiger partial charge in [0, 0.05) is 26.2 Å². The highest BCUT2D eigenvalue weighted by molar-refractivity contribution is 5.83. The van der Waals surface area contributed by atoms with Crippen molar-refractivity contribution in [3.8, 4) is 0 Å². The van der Waals surface area contributed by atoms with Crippen LogP contribution in [0.25, 0.3) is 0 Å². The molecule has 2 fully saturated rings. The Bertz CT molecular complexity index is 289. The summed E-state index contributed by atoms with van der Waals surface area (Å²) in [6.07, 6.45) is 0.265. The molecule has 2 rings (SSSR count). The number of morpholine rings is 1. The molecule has 90 valence electrons. The van der Waals surface area contributed by atoms with Gasteiger partial charge >= 0.3 is 0 Å². The molecule has 0 radical (unpaired) electrons. The third-order valence-electron chi connectivity index (χ3n) is 3.11. The lowest BCUT2D eigenvalue weighted by Gasteiger charge is -2.27. The Balaban J connectivity index is 1.88. The second-order valence-corrected chi connectivity index (χ2v) is 4.24. The largest absolute Gasteiger partial charge is 0.369 e. The van der Waals surface area contributed by atoms with Crippen LogP contribution >= 0.6 is 0 Å². The number of primary amides is 1. The van der Waals surface area contributed by atoms with Crippen molar-refractivity contribution in [3.63, 3.8) is 0 Å². The van der Waals surface area contributed by atoms with E-state index in [-0.39, 0.29) is 17.7 Å². The zero-order chi connectivity index (χ0) is 11.5. The molecule has 6 heteroatoms. The van der Waals surface area contributed by atoms with Crippen molar-refractivity contribution in [3.05, 3.63) is 0 Å². The molecule has 2 atom stereocenters. The standard InChI is InChI=1S/C10H17N3O3/c11-9(14)7-1-3-13(6-7)10(15)8-5-12-2-4-16-8/h7-8,12H,1-6H2,(H2,11,14). The molecule has 2 aliphatic rings. The molecule has 3 N–H and O–H groups in total. The van der Waals surface area contributed by atoms with Gasteiger partial charge in [0.05, 0.1) is 12.5 Å². The molecule has 2 amide bonds. The smallest absolute Gasteiger partial charge is 0.253 e. The van der Waals surface area contributed by atoms with Crippen molar-refractivity contribution in [2.75, 3.05) is 32.8 Å². The Hall–Kier alpha value is -1.14. The van der Waals surface area contributed by atoms with Crippen molar-refractivity contribution in [1.82, 2.24) is 10.2 Å². The molecule has 2 aliphatic heterocycles. The van der Waals surface area contributed by atoms with Gasteiger partial charge in [-0.2, -0.15) is 0 Å². The zero-order valence-corrected chi connectivity index (χ0v) is 9.15. The lowest BCUT2D eigenvalue weighted by Crippen LogP contribution is -2.49. The lowest BCUT2D eigenvalue weighted by atomic mass is 10.1. The Kier molecular flexibility index (Phi) is 3.40. The van der Waals surface area contributed by atoms with Crippen LogP contribution in [0.1, 0.15) is 6.42 Å². The molecule has 2 unspecified atom stereocenters. The fourth-order valence-electron chi connectivity index (χ4n) is 2.12. The second kappa shape index (κ2) is 4.80. The summed E-state index contributed by atoms with van der Waals surface area (Å²) in [5.74, 6) is -0.547. The van der Waals surface area contributed by atoms with Gasteiger partial charge in [0.2, 0.25) is 5.91 Å². The summed E-state index contributed by atoms with van der Waals surface area (Å²) in [5.41, 5.74) is 5.22. The summed E-state index contributed by atoms with van der Waals surface area (Å²) in [7, 11) is 0. The van der Waals surface area contributed by atoms with E-state index in [1.165, 1.54) is 0 Å². The summed E-state index contributed by atoms with van der Waals surface area (Å²) in [6.45, 7) is 2.94. The summed E-state index contributed by atoms with van der Waals surface area (Å²) in [6, 6.07) is 0. The van der Waals surface area contributed by atoms with E-state index in [1.807, 2.05) is 0 Å². The molecule has 0 spiro atoms. The fraction of sp³-hybridized carbons (Fsp3) is 0.800. The van der Waals surface area contributed by atoms with E-state index in [0.29, 0.717) is 32.7 Å².